The van der Waals surface area contributed by atoms with Crippen molar-refractivity contribution in [1.82, 2.24) is 4.90 Å². The molecule has 2 heterocycles. The lowest BCUT2D eigenvalue weighted by Crippen LogP contribution is -2.32. The van der Waals surface area contributed by atoms with Crippen molar-refractivity contribution >= 4 is 5.91 Å². The molecule has 1 aromatic carbocycles. The van der Waals surface area contributed by atoms with Crippen LogP contribution in [0.3, 0.4) is 0 Å². The summed E-state index contributed by atoms with van der Waals surface area (Å²) in [5.41, 5.74) is 1.05. The normalized spacial score (nSPS) is 21.6. The molecule has 0 bridgehead atoms. The fraction of sp³-hybridized carbons (Fsp3) is 0.533. The van der Waals surface area contributed by atoms with Gasteiger partial charge in [0.15, 0.2) is 11.5 Å². The zero-order valence-electron chi connectivity index (χ0n) is 11.4. The molecule has 5 nitrogen and oxygen atoms in total. The number of ether oxygens (including phenoxy) is 2. The molecule has 0 saturated carbocycles. The lowest BCUT2D eigenvalue weighted by Gasteiger charge is -2.25. The second-order valence-corrected chi connectivity index (χ2v) is 5.16. The summed E-state index contributed by atoms with van der Waals surface area (Å²) >= 11 is 0. The molecule has 0 spiro atoms. The van der Waals surface area contributed by atoms with E-state index in [1.165, 1.54) is 0 Å². The Hall–Kier alpha value is -1.75. The molecule has 1 saturated heterocycles. The highest BCUT2D eigenvalue weighted by Crippen LogP contribution is 2.37. The van der Waals surface area contributed by atoms with Crippen molar-refractivity contribution in [2.45, 2.75) is 25.3 Å². The number of hydrogen-bond donors (Lipinski definition) is 1. The Morgan fingerprint density at radius 2 is 2.05 bits per heavy atom. The van der Waals surface area contributed by atoms with Gasteiger partial charge in [-0.1, -0.05) is 6.07 Å². The highest BCUT2D eigenvalue weighted by Gasteiger charge is 2.30. The molecule has 1 aromatic rings. The molecular formula is C15H19NO4. The standard InChI is InChI=1S/C15H19NO4/c17-10-15(18)16-6-1-3-12(16)11-4-5-13-14(9-11)20-8-2-7-19-13/h4-5,9,12,17H,1-3,6-8,10H2. The lowest BCUT2D eigenvalue weighted by molar-refractivity contribution is -0.135. The van der Waals surface area contributed by atoms with E-state index in [-0.39, 0.29) is 11.9 Å². The van der Waals surface area contributed by atoms with Crippen LogP contribution in [0.25, 0.3) is 0 Å². The molecule has 0 radical (unpaired) electrons. The van der Waals surface area contributed by atoms with E-state index in [4.69, 9.17) is 14.6 Å². The summed E-state index contributed by atoms with van der Waals surface area (Å²) in [6.45, 7) is 1.60. The lowest BCUT2D eigenvalue weighted by atomic mass is 10.0. The van der Waals surface area contributed by atoms with Crippen molar-refractivity contribution in [1.29, 1.82) is 0 Å². The second-order valence-electron chi connectivity index (χ2n) is 5.16. The number of rotatable bonds is 2. The first-order valence-electron chi connectivity index (χ1n) is 7.09. The molecule has 0 aromatic heterocycles. The van der Waals surface area contributed by atoms with Crippen LogP contribution in [0.2, 0.25) is 0 Å². The van der Waals surface area contributed by atoms with Crippen molar-refractivity contribution < 1.29 is 19.4 Å². The van der Waals surface area contributed by atoms with Crippen LogP contribution >= 0.6 is 0 Å². The first-order chi connectivity index (χ1) is 9.79. The van der Waals surface area contributed by atoms with Gasteiger partial charge in [-0.3, -0.25) is 4.79 Å². The molecule has 3 rings (SSSR count). The van der Waals surface area contributed by atoms with Gasteiger partial charge in [0.2, 0.25) is 5.91 Å². The van der Waals surface area contributed by atoms with Crippen LogP contribution in [0.15, 0.2) is 18.2 Å². The number of carbonyl (C=O) groups excluding carboxylic acids is 1. The van der Waals surface area contributed by atoms with E-state index in [1.54, 1.807) is 4.90 Å². The van der Waals surface area contributed by atoms with Crippen LogP contribution in [0.1, 0.15) is 30.9 Å². The number of aliphatic hydroxyl groups excluding tert-OH is 1. The maximum absolute atomic E-state index is 11.8. The zero-order valence-corrected chi connectivity index (χ0v) is 11.4. The monoisotopic (exact) mass is 277 g/mol. The molecular weight excluding hydrogens is 258 g/mol. The smallest absolute Gasteiger partial charge is 0.248 e. The van der Waals surface area contributed by atoms with Crippen LogP contribution < -0.4 is 9.47 Å². The number of carbonyl (C=O) groups is 1. The van der Waals surface area contributed by atoms with E-state index in [1.807, 2.05) is 18.2 Å². The van der Waals surface area contributed by atoms with Gasteiger partial charge in [0.25, 0.3) is 0 Å². The number of benzene rings is 1. The molecule has 1 N–H and O–H groups in total. The minimum Gasteiger partial charge on any atom is -0.490 e. The third-order valence-corrected chi connectivity index (χ3v) is 3.86. The Bertz CT molecular complexity index is 503. The van der Waals surface area contributed by atoms with Crippen LogP contribution in [0.4, 0.5) is 0 Å². The molecule has 1 unspecified atom stereocenters. The highest BCUT2D eigenvalue weighted by molar-refractivity contribution is 5.78. The summed E-state index contributed by atoms with van der Waals surface area (Å²) in [6, 6.07) is 5.90. The van der Waals surface area contributed by atoms with Crippen molar-refractivity contribution in [3.8, 4) is 11.5 Å². The Balaban J connectivity index is 1.86. The highest BCUT2D eigenvalue weighted by atomic mass is 16.5. The number of likely N-dealkylation sites (tertiary alicyclic amines) is 1. The second kappa shape index (κ2) is 5.71. The van der Waals surface area contributed by atoms with Gasteiger partial charge in [0.05, 0.1) is 19.3 Å². The van der Waals surface area contributed by atoms with Crippen molar-refractivity contribution in [3.63, 3.8) is 0 Å². The van der Waals surface area contributed by atoms with Crippen LogP contribution in [-0.4, -0.2) is 42.3 Å². The SMILES string of the molecule is O=C(CO)N1CCCC1c1ccc2c(c1)OCCCO2. The maximum Gasteiger partial charge on any atom is 0.248 e. The predicted octanol–water partition coefficient (Wildman–Crippen LogP) is 1.50. The van der Waals surface area contributed by atoms with E-state index in [0.29, 0.717) is 19.8 Å². The maximum atomic E-state index is 11.8. The number of nitrogens with zero attached hydrogens (tertiary/aromatic N) is 1. The quantitative estimate of drug-likeness (QED) is 0.890. The number of aliphatic hydroxyl groups is 1. The Labute approximate surface area is 118 Å². The van der Waals surface area contributed by atoms with Gasteiger partial charge in [0.1, 0.15) is 6.61 Å². The van der Waals surface area contributed by atoms with Crippen molar-refractivity contribution in [2.75, 3.05) is 26.4 Å². The Morgan fingerprint density at radius 3 is 2.85 bits per heavy atom. The van der Waals surface area contributed by atoms with Crippen LogP contribution in [0.5, 0.6) is 11.5 Å². The summed E-state index contributed by atoms with van der Waals surface area (Å²) in [5.74, 6) is 1.31. The van der Waals surface area contributed by atoms with Crippen LogP contribution in [-0.2, 0) is 4.79 Å². The summed E-state index contributed by atoms with van der Waals surface area (Å²) < 4.78 is 11.3. The largest absolute Gasteiger partial charge is 0.490 e. The van der Waals surface area contributed by atoms with Gasteiger partial charge in [-0.25, -0.2) is 0 Å². The summed E-state index contributed by atoms with van der Waals surface area (Å²) in [6.07, 6.45) is 2.76. The topological polar surface area (TPSA) is 59.0 Å². The van der Waals surface area contributed by atoms with Crippen molar-refractivity contribution in [2.24, 2.45) is 0 Å². The van der Waals surface area contributed by atoms with Gasteiger partial charge >= 0.3 is 0 Å². The van der Waals surface area contributed by atoms with Crippen LogP contribution in [0, 0.1) is 0 Å². The van der Waals surface area contributed by atoms with E-state index < -0.39 is 6.61 Å². The summed E-state index contributed by atoms with van der Waals surface area (Å²) in [7, 11) is 0. The van der Waals surface area contributed by atoms with Gasteiger partial charge in [0, 0.05) is 13.0 Å². The third-order valence-electron chi connectivity index (χ3n) is 3.86. The Kier molecular flexibility index (Phi) is 3.78. The molecule has 1 fully saturated rings. The van der Waals surface area contributed by atoms with Gasteiger partial charge in [-0.15, -0.1) is 0 Å². The average Bonchev–Trinajstić information content (AvgIpc) is 2.85. The Morgan fingerprint density at radius 1 is 1.25 bits per heavy atom. The molecule has 1 atom stereocenters. The molecule has 5 heteroatoms. The molecule has 20 heavy (non-hydrogen) atoms. The molecule has 0 aliphatic carbocycles. The summed E-state index contributed by atoms with van der Waals surface area (Å²) in [5, 5.41) is 9.05. The third kappa shape index (κ3) is 2.45. The molecule has 2 aliphatic heterocycles. The minimum atomic E-state index is -0.430. The average molecular weight is 277 g/mol. The van der Waals surface area contributed by atoms with E-state index in [0.717, 1.165) is 36.3 Å². The fourth-order valence-electron chi connectivity index (χ4n) is 2.89. The zero-order chi connectivity index (χ0) is 13.9. The first kappa shape index (κ1) is 13.2. The van der Waals surface area contributed by atoms with Gasteiger partial charge in [-0.05, 0) is 30.5 Å². The molecule has 1 amide bonds. The number of amides is 1. The molecule has 2 aliphatic rings. The number of hydrogen-bond acceptors (Lipinski definition) is 4. The molecule has 108 valence electrons. The van der Waals surface area contributed by atoms with Crippen molar-refractivity contribution in [3.05, 3.63) is 23.8 Å². The van der Waals surface area contributed by atoms with E-state index in [2.05, 4.69) is 0 Å². The van der Waals surface area contributed by atoms with Gasteiger partial charge in [-0.2, -0.15) is 0 Å². The first-order valence-corrected chi connectivity index (χ1v) is 7.09. The van der Waals surface area contributed by atoms with E-state index >= 15 is 0 Å². The van der Waals surface area contributed by atoms with Gasteiger partial charge < -0.3 is 19.5 Å². The van der Waals surface area contributed by atoms with E-state index in [9.17, 15) is 4.79 Å². The number of fused-ring (bicyclic) bond motifs is 1. The fourth-order valence-corrected chi connectivity index (χ4v) is 2.89. The predicted molar refractivity (Wildman–Crippen MR) is 72.8 cm³/mol. The minimum absolute atomic E-state index is 0.0341. The summed E-state index contributed by atoms with van der Waals surface area (Å²) in [4.78, 5) is 13.5.